The largest absolute Gasteiger partial charge is 0.496 e. The summed E-state index contributed by atoms with van der Waals surface area (Å²) in [5.74, 6) is 0.0778. The molecule has 0 aliphatic carbocycles. The highest BCUT2D eigenvalue weighted by Gasteiger charge is 2.24. The minimum absolute atomic E-state index is 0.155. The molecule has 0 N–H and O–H groups in total. The number of ether oxygens (including phenoxy) is 1. The van der Waals surface area contributed by atoms with Crippen LogP contribution in [0.1, 0.15) is 0 Å². The molecule has 4 aromatic carbocycles. The molecule has 0 aliphatic heterocycles. The molecule has 4 nitrogen and oxygen atoms in total. The average molecular weight is 373 g/mol. The summed E-state index contributed by atoms with van der Waals surface area (Å²) >= 11 is 0. The first-order valence-corrected chi connectivity index (χ1v) is 8.70. The molecule has 0 unspecified atom stereocenters. The molecule has 0 amide bonds. The third-order valence-electron chi connectivity index (χ3n) is 4.77. The maximum atomic E-state index is 15.4. The second kappa shape index (κ2) is 7.12. The molecule has 5 heteroatoms. The van der Waals surface area contributed by atoms with Crippen molar-refractivity contribution in [2.45, 2.75) is 0 Å². The van der Waals surface area contributed by atoms with Crippen molar-refractivity contribution in [3.63, 3.8) is 0 Å². The van der Waals surface area contributed by atoms with E-state index >= 15 is 4.39 Å². The van der Waals surface area contributed by atoms with Crippen molar-refractivity contribution in [3.05, 3.63) is 94.8 Å². The Morgan fingerprint density at radius 2 is 1.54 bits per heavy atom. The van der Waals surface area contributed by atoms with Gasteiger partial charge < -0.3 is 4.74 Å². The van der Waals surface area contributed by atoms with E-state index in [0.29, 0.717) is 22.3 Å². The summed E-state index contributed by atoms with van der Waals surface area (Å²) in [6.07, 6.45) is 0. The average Bonchev–Trinajstić information content (AvgIpc) is 2.73. The molecule has 0 saturated carbocycles. The van der Waals surface area contributed by atoms with Crippen molar-refractivity contribution >= 4 is 16.5 Å². The van der Waals surface area contributed by atoms with Crippen molar-refractivity contribution < 1.29 is 14.1 Å². The number of nitro groups is 1. The predicted octanol–water partition coefficient (Wildman–Crippen LogP) is 6.23. The van der Waals surface area contributed by atoms with E-state index in [-0.39, 0.29) is 16.8 Å². The van der Waals surface area contributed by atoms with Gasteiger partial charge in [0.05, 0.1) is 17.6 Å². The number of para-hydroxylation sites is 1. The first-order valence-electron chi connectivity index (χ1n) is 8.70. The Morgan fingerprint density at radius 3 is 2.32 bits per heavy atom. The number of hydrogen-bond donors (Lipinski definition) is 0. The molecule has 4 aromatic rings. The summed E-state index contributed by atoms with van der Waals surface area (Å²) < 4.78 is 20.9. The van der Waals surface area contributed by atoms with Gasteiger partial charge in [0, 0.05) is 28.1 Å². The maximum Gasteiger partial charge on any atom is 0.277 e. The van der Waals surface area contributed by atoms with Crippen LogP contribution in [0.4, 0.5) is 10.1 Å². The smallest absolute Gasteiger partial charge is 0.277 e. The molecule has 0 heterocycles. The van der Waals surface area contributed by atoms with E-state index in [9.17, 15) is 10.1 Å². The van der Waals surface area contributed by atoms with Gasteiger partial charge >= 0.3 is 0 Å². The van der Waals surface area contributed by atoms with Crippen LogP contribution in [0, 0.1) is 15.9 Å². The monoisotopic (exact) mass is 373 g/mol. The fraction of sp³-hybridized carbons (Fsp3) is 0.0435. The second-order valence-corrected chi connectivity index (χ2v) is 6.31. The molecule has 0 saturated heterocycles. The molecule has 0 spiro atoms. The molecule has 0 atom stereocenters. The van der Waals surface area contributed by atoms with E-state index in [1.807, 2.05) is 24.3 Å². The van der Waals surface area contributed by atoms with Gasteiger partial charge in [-0.25, -0.2) is 4.39 Å². The molecule has 28 heavy (non-hydrogen) atoms. The van der Waals surface area contributed by atoms with Crippen LogP contribution in [-0.4, -0.2) is 12.0 Å². The first-order chi connectivity index (χ1) is 13.6. The summed E-state index contributed by atoms with van der Waals surface area (Å²) in [5.41, 5.74) is 1.47. The fourth-order valence-corrected chi connectivity index (χ4v) is 3.49. The maximum absolute atomic E-state index is 15.4. The van der Waals surface area contributed by atoms with Crippen LogP contribution >= 0.6 is 0 Å². The quantitative estimate of drug-likeness (QED) is 0.315. The Labute approximate surface area is 161 Å². The van der Waals surface area contributed by atoms with E-state index in [4.69, 9.17) is 4.74 Å². The first kappa shape index (κ1) is 17.7. The summed E-state index contributed by atoms with van der Waals surface area (Å²) in [5, 5.41) is 12.9. The topological polar surface area (TPSA) is 52.4 Å². The molecule has 4 rings (SSSR count). The van der Waals surface area contributed by atoms with Crippen LogP contribution in [0.25, 0.3) is 33.0 Å². The SMILES string of the molecule is COc1ccccc1-c1cccc([N+](=O)[O-])c1-c1ccc2ccccc2c1F. The number of methoxy groups -OCH3 is 1. The minimum Gasteiger partial charge on any atom is -0.496 e. The highest BCUT2D eigenvalue weighted by Crippen LogP contribution is 2.43. The normalized spacial score (nSPS) is 10.8. The van der Waals surface area contributed by atoms with Gasteiger partial charge in [0.25, 0.3) is 5.69 Å². The Kier molecular flexibility index (Phi) is 4.49. The zero-order valence-corrected chi connectivity index (χ0v) is 15.1. The molecule has 0 aromatic heterocycles. The predicted molar refractivity (Wildman–Crippen MR) is 108 cm³/mol. The second-order valence-electron chi connectivity index (χ2n) is 6.31. The van der Waals surface area contributed by atoms with Crippen LogP contribution in [0.15, 0.2) is 78.9 Å². The van der Waals surface area contributed by atoms with Crippen molar-refractivity contribution in [1.29, 1.82) is 0 Å². The van der Waals surface area contributed by atoms with E-state index in [2.05, 4.69) is 0 Å². The van der Waals surface area contributed by atoms with E-state index in [1.54, 1.807) is 48.5 Å². The molecular weight excluding hydrogens is 357 g/mol. The van der Waals surface area contributed by atoms with Crippen molar-refractivity contribution in [2.24, 2.45) is 0 Å². The van der Waals surface area contributed by atoms with Crippen molar-refractivity contribution in [1.82, 2.24) is 0 Å². The number of halogens is 1. The van der Waals surface area contributed by atoms with E-state index < -0.39 is 10.7 Å². The van der Waals surface area contributed by atoms with Crippen LogP contribution < -0.4 is 4.74 Å². The molecule has 0 fully saturated rings. The zero-order valence-electron chi connectivity index (χ0n) is 15.1. The Morgan fingerprint density at radius 1 is 0.821 bits per heavy atom. The molecule has 0 aliphatic rings. The van der Waals surface area contributed by atoms with Crippen molar-refractivity contribution in [3.8, 4) is 28.0 Å². The van der Waals surface area contributed by atoms with Gasteiger partial charge in [-0.3, -0.25) is 10.1 Å². The third-order valence-corrected chi connectivity index (χ3v) is 4.77. The lowest BCUT2D eigenvalue weighted by atomic mass is 9.91. The summed E-state index contributed by atoms with van der Waals surface area (Å²) in [7, 11) is 1.53. The number of rotatable bonds is 4. The van der Waals surface area contributed by atoms with Gasteiger partial charge in [0.1, 0.15) is 11.6 Å². The lowest BCUT2D eigenvalue weighted by Gasteiger charge is -2.15. The van der Waals surface area contributed by atoms with Gasteiger partial charge in [-0.05, 0) is 11.5 Å². The number of fused-ring (bicyclic) bond motifs is 1. The molecular formula is C23H16FNO3. The van der Waals surface area contributed by atoms with Gasteiger partial charge in [-0.2, -0.15) is 0 Å². The number of nitro benzene ring substituents is 1. The Hall–Kier alpha value is -3.73. The standard InChI is InChI=1S/C23H16FNO3/c1-28-21-12-5-4-9-17(21)18-10-6-11-20(25(26)27)22(18)19-14-13-15-7-2-3-8-16(15)23(19)24/h2-14H,1H3. The Balaban J connectivity index is 2.09. The minimum atomic E-state index is -0.483. The highest BCUT2D eigenvalue weighted by atomic mass is 19.1. The zero-order chi connectivity index (χ0) is 19.7. The van der Waals surface area contributed by atoms with Crippen molar-refractivity contribution in [2.75, 3.05) is 7.11 Å². The third kappa shape index (κ3) is 2.87. The number of nitrogens with zero attached hydrogens (tertiary/aromatic N) is 1. The van der Waals surface area contributed by atoms with Gasteiger partial charge in [0.2, 0.25) is 0 Å². The lowest BCUT2D eigenvalue weighted by molar-refractivity contribution is -0.384. The summed E-state index contributed by atoms with van der Waals surface area (Å²) in [6, 6.07) is 22.4. The van der Waals surface area contributed by atoms with Gasteiger partial charge in [0.15, 0.2) is 0 Å². The molecule has 0 bridgehead atoms. The van der Waals surface area contributed by atoms with Crippen LogP contribution in [-0.2, 0) is 0 Å². The van der Waals surface area contributed by atoms with Crippen LogP contribution in [0.2, 0.25) is 0 Å². The molecule has 0 radical (unpaired) electrons. The van der Waals surface area contributed by atoms with E-state index in [0.717, 1.165) is 5.39 Å². The molecule has 138 valence electrons. The summed E-state index contributed by atoms with van der Waals surface area (Å²) in [6.45, 7) is 0. The number of hydrogen-bond acceptors (Lipinski definition) is 3. The van der Waals surface area contributed by atoms with E-state index in [1.165, 1.54) is 13.2 Å². The van der Waals surface area contributed by atoms with Crippen LogP contribution in [0.5, 0.6) is 5.75 Å². The van der Waals surface area contributed by atoms with Gasteiger partial charge in [-0.15, -0.1) is 0 Å². The Bertz CT molecular complexity index is 1200. The number of benzene rings is 4. The van der Waals surface area contributed by atoms with Gasteiger partial charge in [-0.1, -0.05) is 66.7 Å². The summed E-state index contributed by atoms with van der Waals surface area (Å²) in [4.78, 5) is 11.3. The lowest BCUT2D eigenvalue weighted by Crippen LogP contribution is -1.98. The fourth-order valence-electron chi connectivity index (χ4n) is 3.49. The van der Waals surface area contributed by atoms with Crippen LogP contribution in [0.3, 0.4) is 0 Å². The highest BCUT2D eigenvalue weighted by molar-refractivity contribution is 5.96.